The van der Waals surface area contributed by atoms with Crippen LogP contribution in [0.25, 0.3) is 6.08 Å². The number of hydrogen-bond acceptors (Lipinski definition) is 6. The molecule has 0 saturated carbocycles. The van der Waals surface area contributed by atoms with Crippen LogP contribution in [-0.2, 0) is 20.9 Å². The Hall–Kier alpha value is -3.66. The molecule has 0 aliphatic carbocycles. The Labute approximate surface area is 240 Å². The molecule has 0 aromatic heterocycles. The van der Waals surface area contributed by atoms with Gasteiger partial charge in [0.1, 0.15) is 24.7 Å². The fourth-order valence-electron chi connectivity index (χ4n) is 3.86. The van der Waals surface area contributed by atoms with Crippen molar-refractivity contribution in [2.75, 3.05) is 25.2 Å². The number of hydrogen-bond donors (Lipinski definition) is 0. The van der Waals surface area contributed by atoms with Crippen molar-refractivity contribution in [3.8, 4) is 11.5 Å². The average molecular weight is 589 g/mol. The van der Waals surface area contributed by atoms with Crippen LogP contribution in [0.1, 0.15) is 18.1 Å². The Morgan fingerprint density at radius 2 is 1.82 bits per heavy atom. The van der Waals surface area contributed by atoms with Crippen molar-refractivity contribution in [1.82, 2.24) is 4.90 Å². The van der Waals surface area contributed by atoms with E-state index in [1.807, 2.05) is 0 Å². The molecule has 0 unspecified atom stereocenters. The van der Waals surface area contributed by atoms with Crippen LogP contribution >= 0.6 is 35.4 Å². The molecule has 1 heterocycles. The van der Waals surface area contributed by atoms with Gasteiger partial charge in [0.05, 0.1) is 24.4 Å². The average Bonchev–Trinajstić information content (AvgIpc) is 3.12. The number of halogens is 3. The van der Waals surface area contributed by atoms with E-state index in [1.165, 1.54) is 29.0 Å². The first-order valence-electron chi connectivity index (χ1n) is 11.8. The number of esters is 1. The highest BCUT2D eigenvalue weighted by molar-refractivity contribution is 7.80. The lowest BCUT2D eigenvalue weighted by Gasteiger charge is -2.19. The molecule has 1 amide bonds. The Kier molecular flexibility index (Phi) is 9.06. The van der Waals surface area contributed by atoms with Gasteiger partial charge >= 0.3 is 5.97 Å². The van der Waals surface area contributed by atoms with Gasteiger partial charge in [-0.3, -0.25) is 14.5 Å². The van der Waals surface area contributed by atoms with Gasteiger partial charge in [-0.25, -0.2) is 4.39 Å². The van der Waals surface area contributed by atoms with Gasteiger partial charge in [0, 0.05) is 5.02 Å². The number of benzene rings is 3. The first-order chi connectivity index (χ1) is 18.7. The quantitative estimate of drug-likeness (QED) is 0.166. The van der Waals surface area contributed by atoms with Crippen LogP contribution in [-0.4, -0.2) is 42.2 Å². The summed E-state index contributed by atoms with van der Waals surface area (Å²) >= 11 is 18.1. The van der Waals surface area contributed by atoms with Crippen molar-refractivity contribution in [2.24, 2.45) is 0 Å². The number of rotatable bonds is 9. The summed E-state index contributed by atoms with van der Waals surface area (Å²) in [4.78, 5) is 28.4. The van der Waals surface area contributed by atoms with Gasteiger partial charge in [-0.05, 0) is 84.9 Å². The van der Waals surface area contributed by atoms with Crippen LogP contribution in [0.4, 0.5) is 10.1 Å². The Balaban J connectivity index is 1.71. The van der Waals surface area contributed by atoms with E-state index < -0.39 is 11.9 Å². The lowest BCUT2D eigenvalue weighted by molar-refractivity contribution is -0.140. The zero-order valence-corrected chi connectivity index (χ0v) is 23.3. The zero-order valence-electron chi connectivity index (χ0n) is 20.9. The molecule has 1 aliphatic rings. The maximum atomic E-state index is 13.6. The molecule has 0 N–H and O–H groups in total. The minimum Gasteiger partial charge on any atom is -0.490 e. The van der Waals surface area contributed by atoms with E-state index >= 15 is 0 Å². The first-order valence-corrected chi connectivity index (χ1v) is 12.9. The van der Waals surface area contributed by atoms with Crippen molar-refractivity contribution < 1.29 is 28.2 Å². The molecular formula is C28H23Cl2FN2O5S. The van der Waals surface area contributed by atoms with Gasteiger partial charge in [0.15, 0.2) is 16.6 Å². The number of nitrogens with zero attached hydrogens (tertiary/aromatic N) is 2. The van der Waals surface area contributed by atoms with E-state index in [9.17, 15) is 14.0 Å². The molecule has 0 radical (unpaired) electrons. The van der Waals surface area contributed by atoms with Crippen LogP contribution in [0.2, 0.25) is 10.0 Å². The second kappa shape index (κ2) is 12.5. The molecule has 0 spiro atoms. The summed E-state index contributed by atoms with van der Waals surface area (Å²) in [6, 6.07) is 15.9. The molecule has 202 valence electrons. The van der Waals surface area contributed by atoms with Crippen LogP contribution in [0.3, 0.4) is 0 Å². The lowest BCUT2D eigenvalue weighted by atomic mass is 10.1. The minimum atomic E-state index is -0.580. The topological polar surface area (TPSA) is 68.3 Å². The maximum absolute atomic E-state index is 13.6. The first kappa shape index (κ1) is 28.4. The predicted octanol–water partition coefficient (Wildman–Crippen LogP) is 6.26. The zero-order chi connectivity index (χ0) is 28.1. The molecule has 39 heavy (non-hydrogen) atoms. The third-order valence-electron chi connectivity index (χ3n) is 5.64. The summed E-state index contributed by atoms with van der Waals surface area (Å²) in [5.41, 5.74) is 1.74. The summed E-state index contributed by atoms with van der Waals surface area (Å²) in [7, 11) is 1.25. The number of amides is 1. The third kappa shape index (κ3) is 6.50. The molecule has 0 atom stereocenters. The fraction of sp³-hybridized carbons (Fsp3) is 0.179. The fourth-order valence-corrected chi connectivity index (χ4v) is 4.61. The highest BCUT2D eigenvalue weighted by atomic mass is 35.5. The van der Waals surface area contributed by atoms with E-state index in [-0.39, 0.29) is 40.6 Å². The Morgan fingerprint density at radius 3 is 2.49 bits per heavy atom. The second-order valence-electron chi connectivity index (χ2n) is 8.27. The highest BCUT2D eigenvalue weighted by Gasteiger charge is 2.40. The van der Waals surface area contributed by atoms with Crippen LogP contribution in [0, 0.1) is 5.82 Å². The lowest BCUT2D eigenvalue weighted by Crippen LogP contribution is -2.35. The molecule has 1 saturated heterocycles. The number of thiocarbonyl (C=S) groups is 1. The number of ether oxygens (including phenoxy) is 3. The highest BCUT2D eigenvalue weighted by Crippen LogP contribution is 2.39. The molecule has 1 fully saturated rings. The summed E-state index contributed by atoms with van der Waals surface area (Å²) in [5.74, 6) is -0.810. The SMILES string of the molecule is CCOc1cc(/C=C2/C(=O)N(c3ccc(Cl)cc3)C(=S)N2CC(=O)OC)cc(Cl)c1OCc1cccc(F)c1. The molecule has 7 nitrogen and oxygen atoms in total. The summed E-state index contributed by atoms with van der Waals surface area (Å²) in [5, 5.41) is 0.813. The number of carbonyl (C=O) groups excluding carboxylic acids is 2. The van der Waals surface area contributed by atoms with Gasteiger partial charge in [-0.2, -0.15) is 0 Å². The molecule has 3 aromatic rings. The Morgan fingerprint density at radius 1 is 1.08 bits per heavy atom. The number of methoxy groups -OCH3 is 1. The van der Waals surface area contributed by atoms with E-state index in [0.29, 0.717) is 34.2 Å². The predicted molar refractivity (Wildman–Crippen MR) is 152 cm³/mol. The van der Waals surface area contributed by atoms with Gasteiger partial charge in [-0.15, -0.1) is 0 Å². The number of carbonyl (C=O) groups is 2. The van der Waals surface area contributed by atoms with Crippen molar-refractivity contribution in [3.63, 3.8) is 0 Å². The van der Waals surface area contributed by atoms with Gasteiger partial charge < -0.3 is 19.1 Å². The summed E-state index contributed by atoms with van der Waals surface area (Å²) in [6.07, 6.45) is 1.55. The van der Waals surface area contributed by atoms with E-state index in [0.717, 1.165) is 0 Å². The standard InChI is InChI=1S/C28H23Cl2FN2O5S/c1-3-37-24-14-18(12-22(30)26(24)38-16-17-5-4-6-20(31)11-17)13-23-27(35)33(21-9-7-19(29)8-10-21)28(39)32(23)15-25(34)36-2/h4-14H,3,15-16H2,1-2H3/b23-13-. The van der Waals surface area contributed by atoms with Crippen molar-refractivity contribution in [3.05, 3.63) is 93.4 Å². The molecule has 4 rings (SSSR count). The van der Waals surface area contributed by atoms with Crippen LogP contribution in [0.15, 0.2) is 66.4 Å². The van der Waals surface area contributed by atoms with Crippen LogP contribution < -0.4 is 14.4 Å². The van der Waals surface area contributed by atoms with Gasteiger partial charge in [0.2, 0.25) is 0 Å². The molecular weight excluding hydrogens is 566 g/mol. The van der Waals surface area contributed by atoms with Crippen molar-refractivity contribution >= 4 is 64.2 Å². The van der Waals surface area contributed by atoms with Gasteiger partial charge in [-0.1, -0.05) is 35.3 Å². The van der Waals surface area contributed by atoms with Gasteiger partial charge in [0.25, 0.3) is 5.91 Å². The minimum absolute atomic E-state index is 0.0632. The monoisotopic (exact) mass is 588 g/mol. The maximum Gasteiger partial charge on any atom is 0.325 e. The molecule has 11 heteroatoms. The van der Waals surface area contributed by atoms with E-state index in [1.54, 1.807) is 61.5 Å². The smallest absolute Gasteiger partial charge is 0.325 e. The van der Waals surface area contributed by atoms with E-state index in [4.69, 9.17) is 49.6 Å². The normalized spacial score (nSPS) is 14.2. The Bertz CT molecular complexity index is 1450. The molecule has 3 aromatic carbocycles. The second-order valence-corrected chi connectivity index (χ2v) is 9.48. The van der Waals surface area contributed by atoms with E-state index in [2.05, 4.69) is 0 Å². The van der Waals surface area contributed by atoms with Crippen LogP contribution in [0.5, 0.6) is 11.5 Å². The van der Waals surface area contributed by atoms with Crippen molar-refractivity contribution in [1.29, 1.82) is 0 Å². The third-order valence-corrected chi connectivity index (χ3v) is 6.58. The molecule has 0 bridgehead atoms. The summed E-state index contributed by atoms with van der Waals surface area (Å²) in [6.45, 7) is 1.90. The summed E-state index contributed by atoms with van der Waals surface area (Å²) < 4.78 is 30.0. The van der Waals surface area contributed by atoms with Crippen molar-refractivity contribution in [2.45, 2.75) is 13.5 Å². The largest absolute Gasteiger partial charge is 0.490 e. The molecule has 1 aliphatic heterocycles. The number of anilines is 1.